The lowest BCUT2D eigenvalue weighted by Gasteiger charge is -2.18. The molecule has 0 bridgehead atoms. The molecule has 1 N–H and O–H groups in total. The van der Waals surface area contributed by atoms with Crippen LogP contribution >= 0.6 is 0 Å². The zero-order valence-electron chi connectivity index (χ0n) is 13.9. The van der Waals surface area contributed by atoms with Crippen LogP contribution in [0.1, 0.15) is 16.7 Å². The maximum absolute atomic E-state index is 13.4. The summed E-state index contributed by atoms with van der Waals surface area (Å²) in [5.74, 6) is -0.124. The molecule has 3 aromatic rings. The number of hydrogen-bond acceptors (Lipinski definition) is 3. The molecular formula is C19H16F3NO2. The number of alkyl halides is 3. The standard InChI is InChI=1S/C19H16F3NO2/c1-10-4-5-12(8-15(10)24)13-6-7-23-18-11(2)17(19(20,21)22)16(25-3)9-14(13)18/h4-9,24H,1-3H3. The van der Waals surface area contributed by atoms with Gasteiger partial charge in [0.05, 0.1) is 12.6 Å². The average Bonchev–Trinajstić information content (AvgIpc) is 2.55. The van der Waals surface area contributed by atoms with Gasteiger partial charge in [-0.2, -0.15) is 13.2 Å². The van der Waals surface area contributed by atoms with E-state index in [2.05, 4.69) is 4.98 Å². The number of benzene rings is 2. The molecule has 1 aromatic heterocycles. The summed E-state index contributed by atoms with van der Waals surface area (Å²) in [7, 11) is 1.21. The molecule has 25 heavy (non-hydrogen) atoms. The first-order chi connectivity index (χ1) is 11.7. The van der Waals surface area contributed by atoms with E-state index in [1.54, 1.807) is 25.1 Å². The highest BCUT2D eigenvalue weighted by Crippen LogP contribution is 2.43. The molecule has 3 nitrogen and oxygen atoms in total. The Balaban J connectivity index is 2.36. The monoisotopic (exact) mass is 347 g/mol. The smallest absolute Gasteiger partial charge is 0.420 e. The molecule has 2 aromatic carbocycles. The summed E-state index contributed by atoms with van der Waals surface area (Å²) in [6, 6.07) is 8.21. The first-order valence-electron chi connectivity index (χ1n) is 7.57. The van der Waals surface area contributed by atoms with Gasteiger partial charge < -0.3 is 9.84 Å². The Morgan fingerprint density at radius 3 is 2.40 bits per heavy atom. The number of aryl methyl sites for hydroxylation is 2. The summed E-state index contributed by atoms with van der Waals surface area (Å²) in [5.41, 5.74) is 1.53. The van der Waals surface area contributed by atoms with Crippen molar-refractivity contribution in [3.8, 4) is 22.6 Å². The second-order valence-electron chi connectivity index (χ2n) is 5.83. The van der Waals surface area contributed by atoms with Gasteiger partial charge in [-0.3, -0.25) is 4.98 Å². The molecular weight excluding hydrogens is 331 g/mol. The van der Waals surface area contributed by atoms with E-state index in [1.807, 2.05) is 6.07 Å². The molecule has 0 fully saturated rings. The van der Waals surface area contributed by atoms with Crippen LogP contribution in [-0.2, 0) is 6.18 Å². The van der Waals surface area contributed by atoms with Gasteiger partial charge in [-0.05, 0) is 54.3 Å². The first kappa shape index (κ1) is 17.1. The van der Waals surface area contributed by atoms with Crippen LogP contribution in [0.3, 0.4) is 0 Å². The predicted molar refractivity (Wildman–Crippen MR) is 89.9 cm³/mol. The van der Waals surface area contributed by atoms with Gasteiger partial charge in [-0.1, -0.05) is 12.1 Å². The zero-order chi connectivity index (χ0) is 18.4. The van der Waals surface area contributed by atoms with Crippen LogP contribution in [0.25, 0.3) is 22.0 Å². The van der Waals surface area contributed by atoms with Gasteiger partial charge in [0.25, 0.3) is 0 Å². The number of halogens is 3. The van der Waals surface area contributed by atoms with Crippen molar-refractivity contribution in [2.24, 2.45) is 0 Å². The Kier molecular flexibility index (Phi) is 4.06. The number of fused-ring (bicyclic) bond motifs is 1. The molecule has 0 spiro atoms. The Labute approximate surface area is 142 Å². The minimum atomic E-state index is -4.54. The maximum Gasteiger partial charge on any atom is 0.420 e. The maximum atomic E-state index is 13.4. The van der Waals surface area contributed by atoms with Gasteiger partial charge in [0.2, 0.25) is 0 Å². The third kappa shape index (κ3) is 2.88. The normalized spacial score (nSPS) is 11.8. The number of rotatable bonds is 2. The van der Waals surface area contributed by atoms with E-state index in [4.69, 9.17) is 4.74 Å². The number of aromatic nitrogens is 1. The van der Waals surface area contributed by atoms with Gasteiger partial charge in [0, 0.05) is 11.6 Å². The summed E-state index contributed by atoms with van der Waals surface area (Å²) in [5, 5.41) is 10.5. The number of hydrogen-bond donors (Lipinski definition) is 1. The fraction of sp³-hybridized carbons (Fsp3) is 0.211. The third-order valence-electron chi connectivity index (χ3n) is 4.27. The quantitative estimate of drug-likeness (QED) is 0.688. The predicted octanol–water partition coefficient (Wildman–Crippen LogP) is 5.25. The number of pyridine rings is 1. The number of methoxy groups -OCH3 is 1. The van der Waals surface area contributed by atoms with Crippen molar-refractivity contribution in [1.82, 2.24) is 4.98 Å². The molecule has 0 aliphatic carbocycles. The molecule has 0 saturated heterocycles. The van der Waals surface area contributed by atoms with E-state index in [9.17, 15) is 18.3 Å². The molecule has 0 amide bonds. The van der Waals surface area contributed by atoms with E-state index in [-0.39, 0.29) is 22.6 Å². The number of phenolic OH excluding ortho intramolecular Hbond substituents is 1. The number of nitrogens with zero attached hydrogens (tertiary/aromatic N) is 1. The Morgan fingerprint density at radius 2 is 1.80 bits per heavy atom. The second-order valence-corrected chi connectivity index (χ2v) is 5.83. The molecule has 130 valence electrons. The minimum absolute atomic E-state index is 0.0139. The molecule has 1 heterocycles. The van der Waals surface area contributed by atoms with Crippen molar-refractivity contribution in [3.63, 3.8) is 0 Å². The van der Waals surface area contributed by atoms with Crippen LogP contribution < -0.4 is 4.74 Å². The van der Waals surface area contributed by atoms with Gasteiger partial charge in [-0.25, -0.2) is 0 Å². The van der Waals surface area contributed by atoms with E-state index in [0.717, 1.165) is 5.56 Å². The fourth-order valence-corrected chi connectivity index (χ4v) is 2.97. The highest BCUT2D eigenvalue weighted by Gasteiger charge is 2.37. The van der Waals surface area contributed by atoms with Crippen molar-refractivity contribution in [1.29, 1.82) is 0 Å². The summed E-state index contributed by atoms with van der Waals surface area (Å²) in [4.78, 5) is 4.14. The fourth-order valence-electron chi connectivity index (χ4n) is 2.97. The lowest BCUT2D eigenvalue weighted by atomic mass is 9.95. The summed E-state index contributed by atoms with van der Waals surface area (Å²) >= 11 is 0. The topological polar surface area (TPSA) is 42.4 Å². The molecule has 0 radical (unpaired) electrons. The van der Waals surface area contributed by atoms with E-state index >= 15 is 0 Å². The molecule has 6 heteroatoms. The molecule has 0 saturated carbocycles. The average molecular weight is 347 g/mol. The molecule has 3 rings (SSSR count). The Bertz CT molecular complexity index is 965. The van der Waals surface area contributed by atoms with Crippen LogP contribution in [0.5, 0.6) is 11.5 Å². The van der Waals surface area contributed by atoms with Crippen molar-refractivity contribution >= 4 is 10.9 Å². The lowest BCUT2D eigenvalue weighted by Crippen LogP contribution is -2.11. The second kappa shape index (κ2) is 5.95. The number of phenols is 1. The molecule has 0 aliphatic heterocycles. The van der Waals surface area contributed by atoms with E-state index in [1.165, 1.54) is 26.3 Å². The van der Waals surface area contributed by atoms with Gasteiger partial charge in [0.15, 0.2) is 0 Å². The summed E-state index contributed by atoms with van der Waals surface area (Å²) < 4.78 is 45.2. The largest absolute Gasteiger partial charge is 0.508 e. The Hall–Kier alpha value is -2.76. The van der Waals surface area contributed by atoms with Crippen LogP contribution in [0, 0.1) is 13.8 Å². The van der Waals surface area contributed by atoms with Crippen LogP contribution in [0.4, 0.5) is 13.2 Å². The SMILES string of the molecule is COc1cc2c(-c3ccc(C)c(O)c3)ccnc2c(C)c1C(F)(F)F. The number of aromatic hydroxyl groups is 1. The lowest BCUT2D eigenvalue weighted by molar-refractivity contribution is -0.139. The first-order valence-corrected chi connectivity index (χ1v) is 7.57. The zero-order valence-corrected chi connectivity index (χ0v) is 13.9. The summed E-state index contributed by atoms with van der Waals surface area (Å²) in [6.45, 7) is 3.16. The van der Waals surface area contributed by atoms with E-state index < -0.39 is 11.7 Å². The Morgan fingerprint density at radius 1 is 1.08 bits per heavy atom. The van der Waals surface area contributed by atoms with Crippen LogP contribution in [-0.4, -0.2) is 17.2 Å². The molecule has 0 unspecified atom stereocenters. The third-order valence-corrected chi connectivity index (χ3v) is 4.27. The van der Waals surface area contributed by atoms with Crippen molar-refractivity contribution in [2.45, 2.75) is 20.0 Å². The van der Waals surface area contributed by atoms with E-state index in [0.29, 0.717) is 16.5 Å². The molecule has 0 aliphatic rings. The van der Waals surface area contributed by atoms with Crippen molar-refractivity contribution in [3.05, 3.63) is 53.2 Å². The van der Waals surface area contributed by atoms with Crippen molar-refractivity contribution in [2.75, 3.05) is 7.11 Å². The molecule has 0 atom stereocenters. The van der Waals surface area contributed by atoms with Crippen LogP contribution in [0.2, 0.25) is 0 Å². The van der Waals surface area contributed by atoms with Crippen molar-refractivity contribution < 1.29 is 23.0 Å². The number of ether oxygens (including phenoxy) is 1. The minimum Gasteiger partial charge on any atom is -0.508 e. The van der Waals surface area contributed by atoms with Gasteiger partial charge >= 0.3 is 6.18 Å². The van der Waals surface area contributed by atoms with Gasteiger partial charge in [-0.15, -0.1) is 0 Å². The highest BCUT2D eigenvalue weighted by molar-refractivity contribution is 5.97. The van der Waals surface area contributed by atoms with Crippen LogP contribution in [0.15, 0.2) is 36.5 Å². The van der Waals surface area contributed by atoms with Gasteiger partial charge in [0.1, 0.15) is 17.1 Å². The summed E-state index contributed by atoms with van der Waals surface area (Å²) in [6.07, 6.45) is -3.07. The highest BCUT2D eigenvalue weighted by atomic mass is 19.4.